The smallest absolute Gasteiger partial charge is 0.339 e. The van der Waals surface area contributed by atoms with E-state index in [-0.39, 0.29) is 17.5 Å². The minimum Gasteiger partial charge on any atom is -0.506 e. The number of phenolic OH excluding ortho intramolecular Hbond substituents is 1. The van der Waals surface area contributed by atoms with Crippen molar-refractivity contribution >= 4 is 22.6 Å². The summed E-state index contributed by atoms with van der Waals surface area (Å²) in [6.45, 7) is 1.88. The van der Waals surface area contributed by atoms with Gasteiger partial charge in [0.1, 0.15) is 11.3 Å². The molecule has 1 saturated heterocycles. The Morgan fingerprint density at radius 3 is 2.92 bits per heavy atom. The van der Waals surface area contributed by atoms with E-state index >= 15 is 0 Å². The number of rotatable bonds is 4. The Balaban J connectivity index is 1.71. The molecule has 1 aromatic heterocycles. The number of hydrogen-bond donors (Lipinski definition) is 2. The molecule has 5 nitrogen and oxygen atoms in total. The summed E-state index contributed by atoms with van der Waals surface area (Å²) in [5, 5.41) is 14.8. The number of ether oxygens (including phenoxy) is 1. The van der Waals surface area contributed by atoms with Crippen LogP contribution in [0.1, 0.15) is 36.0 Å². The molecule has 0 saturated carbocycles. The average Bonchev–Trinajstić information content (AvgIpc) is 3.24. The highest BCUT2D eigenvalue weighted by molar-refractivity contribution is 6.33. The van der Waals surface area contributed by atoms with Gasteiger partial charge in [-0.2, -0.15) is 0 Å². The highest BCUT2D eigenvalue weighted by Crippen LogP contribution is 2.38. The van der Waals surface area contributed by atoms with Gasteiger partial charge in [0, 0.05) is 30.6 Å². The Labute approximate surface area is 144 Å². The Hall–Kier alpha value is -1.56. The second kappa shape index (κ2) is 6.39. The molecule has 1 atom stereocenters. The fourth-order valence-electron chi connectivity index (χ4n) is 3.76. The molecule has 0 spiro atoms. The fourth-order valence-corrected chi connectivity index (χ4v) is 3.99. The van der Waals surface area contributed by atoms with Crippen LogP contribution in [-0.2, 0) is 24.1 Å². The number of halogens is 1. The monoisotopic (exact) mass is 349 g/mol. The lowest BCUT2D eigenvalue weighted by molar-refractivity contribution is 0.110. The van der Waals surface area contributed by atoms with Crippen LogP contribution in [0.15, 0.2) is 15.3 Å². The molecule has 6 heteroatoms. The largest absolute Gasteiger partial charge is 0.506 e. The van der Waals surface area contributed by atoms with Gasteiger partial charge in [0.15, 0.2) is 0 Å². The minimum atomic E-state index is -0.294. The van der Waals surface area contributed by atoms with Crippen molar-refractivity contribution in [3.05, 3.63) is 38.2 Å². The number of hydrogen-bond acceptors (Lipinski definition) is 5. The van der Waals surface area contributed by atoms with Crippen molar-refractivity contribution in [1.82, 2.24) is 5.32 Å². The molecule has 2 N–H and O–H groups in total. The van der Waals surface area contributed by atoms with Gasteiger partial charge in [-0.15, -0.1) is 0 Å². The molecule has 4 rings (SSSR count). The molecule has 0 bridgehead atoms. The summed E-state index contributed by atoms with van der Waals surface area (Å²) in [6.07, 6.45) is 4.87. The summed E-state index contributed by atoms with van der Waals surface area (Å²) in [5.41, 5.74) is 2.47. The Bertz CT molecular complexity index is 839. The predicted molar refractivity (Wildman–Crippen MR) is 91.9 cm³/mol. The van der Waals surface area contributed by atoms with Crippen LogP contribution in [0.5, 0.6) is 5.75 Å². The molecule has 2 aromatic rings. The highest BCUT2D eigenvalue weighted by Gasteiger charge is 2.24. The zero-order valence-corrected chi connectivity index (χ0v) is 14.1. The first kappa shape index (κ1) is 15.9. The van der Waals surface area contributed by atoms with Crippen molar-refractivity contribution < 1.29 is 14.3 Å². The molecule has 128 valence electrons. The predicted octanol–water partition coefficient (Wildman–Crippen LogP) is 2.91. The van der Waals surface area contributed by atoms with Gasteiger partial charge in [0.05, 0.1) is 16.7 Å². The van der Waals surface area contributed by atoms with Crippen molar-refractivity contribution in [3.63, 3.8) is 0 Å². The normalized spacial score (nSPS) is 20.0. The lowest BCUT2D eigenvalue weighted by atomic mass is 10.0. The SMILES string of the molecule is O=c1oc2c(CNCC3CCCO3)c(O)c(Cl)cc2c2c1CCC2. The number of benzene rings is 1. The molecule has 2 heterocycles. The van der Waals surface area contributed by atoms with Crippen LogP contribution in [0.25, 0.3) is 11.0 Å². The van der Waals surface area contributed by atoms with Gasteiger partial charge in [-0.25, -0.2) is 4.79 Å². The van der Waals surface area contributed by atoms with E-state index in [1.54, 1.807) is 6.07 Å². The topological polar surface area (TPSA) is 71.7 Å². The summed E-state index contributed by atoms with van der Waals surface area (Å²) in [7, 11) is 0. The third-order valence-electron chi connectivity index (χ3n) is 4.98. The van der Waals surface area contributed by atoms with Crippen LogP contribution >= 0.6 is 11.6 Å². The van der Waals surface area contributed by atoms with Crippen molar-refractivity contribution in [3.8, 4) is 5.75 Å². The first-order valence-corrected chi connectivity index (χ1v) is 8.84. The zero-order valence-electron chi connectivity index (χ0n) is 13.4. The quantitative estimate of drug-likeness (QED) is 0.830. The lowest BCUT2D eigenvalue weighted by Gasteiger charge is -2.14. The van der Waals surface area contributed by atoms with Crippen LogP contribution < -0.4 is 10.9 Å². The van der Waals surface area contributed by atoms with E-state index in [0.29, 0.717) is 29.3 Å². The summed E-state index contributed by atoms with van der Waals surface area (Å²) in [4.78, 5) is 12.2. The maximum Gasteiger partial charge on any atom is 0.339 e. The average molecular weight is 350 g/mol. The van der Waals surface area contributed by atoms with Crippen LogP contribution in [0.3, 0.4) is 0 Å². The van der Waals surface area contributed by atoms with E-state index in [2.05, 4.69) is 5.32 Å². The molecule has 1 aromatic carbocycles. The van der Waals surface area contributed by atoms with Gasteiger partial charge < -0.3 is 19.6 Å². The van der Waals surface area contributed by atoms with Gasteiger partial charge in [0.25, 0.3) is 0 Å². The summed E-state index contributed by atoms with van der Waals surface area (Å²) >= 11 is 6.22. The second-order valence-corrected chi connectivity index (χ2v) is 6.94. The summed E-state index contributed by atoms with van der Waals surface area (Å²) in [5.74, 6) is -0.0231. The fraction of sp³-hybridized carbons (Fsp3) is 0.500. The first-order valence-electron chi connectivity index (χ1n) is 8.46. The molecule has 1 fully saturated rings. The van der Waals surface area contributed by atoms with Crippen molar-refractivity contribution in [2.24, 2.45) is 0 Å². The van der Waals surface area contributed by atoms with Gasteiger partial charge in [0.2, 0.25) is 0 Å². The molecule has 1 aliphatic heterocycles. The maximum atomic E-state index is 12.2. The molecule has 1 aliphatic carbocycles. The van der Waals surface area contributed by atoms with Gasteiger partial charge in [-0.05, 0) is 43.7 Å². The van der Waals surface area contributed by atoms with Gasteiger partial charge in [-0.1, -0.05) is 11.6 Å². The maximum absolute atomic E-state index is 12.2. The molecule has 1 unspecified atom stereocenters. The van der Waals surface area contributed by atoms with Crippen LogP contribution in [0.2, 0.25) is 5.02 Å². The Kier molecular flexibility index (Phi) is 4.24. The number of aryl methyl sites for hydroxylation is 1. The van der Waals surface area contributed by atoms with Crippen molar-refractivity contribution in [2.45, 2.75) is 44.8 Å². The van der Waals surface area contributed by atoms with E-state index in [0.717, 1.165) is 55.2 Å². The Morgan fingerprint density at radius 2 is 2.12 bits per heavy atom. The van der Waals surface area contributed by atoms with E-state index in [1.165, 1.54) is 0 Å². The molecular weight excluding hydrogens is 330 g/mol. The molecule has 24 heavy (non-hydrogen) atoms. The number of nitrogens with one attached hydrogen (secondary N) is 1. The standard InChI is InChI=1S/C18H20ClNO4/c19-15-7-13-11-4-1-5-12(11)18(22)24-17(13)14(16(15)21)9-20-8-10-3-2-6-23-10/h7,10,20-21H,1-6,8-9H2. The van der Waals surface area contributed by atoms with Crippen LogP contribution in [0, 0.1) is 0 Å². The number of phenols is 1. The van der Waals surface area contributed by atoms with Crippen molar-refractivity contribution in [2.75, 3.05) is 13.2 Å². The van der Waals surface area contributed by atoms with E-state index in [1.807, 2.05) is 0 Å². The Morgan fingerprint density at radius 1 is 1.29 bits per heavy atom. The van der Waals surface area contributed by atoms with E-state index in [9.17, 15) is 9.90 Å². The van der Waals surface area contributed by atoms with Gasteiger partial charge in [-0.3, -0.25) is 0 Å². The van der Waals surface area contributed by atoms with Crippen molar-refractivity contribution in [1.29, 1.82) is 0 Å². The second-order valence-electron chi connectivity index (χ2n) is 6.53. The molecule has 0 amide bonds. The molecule has 2 aliphatic rings. The third-order valence-corrected chi connectivity index (χ3v) is 5.27. The first-order chi connectivity index (χ1) is 11.6. The highest BCUT2D eigenvalue weighted by atomic mass is 35.5. The van der Waals surface area contributed by atoms with Gasteiger partial charge >= 0.3 is 5.63 Å². The van der Waals surface area contributed by atoms with E-state index in [4.69, 9.17) is 20.8 Å². The zero-order chi connectivity index (χ0) is 16.7. The summed E-state index contributed by atoms with van der Waals surface area (Å²) in [6, 6.07) is 1.71. The molecule has 0 radical (unpaired) electrons. The van der Waals surface area contributed by atoms with Crippen LogP contribution in [-0.4, -0.2) is 24.4 Å². The third kappa shape index (κ3) is 2.70. The van der Waals surface area contributed by atoms with Crippen LogP contribution in [0.4, 0.5) is 0 Å². The van der Waals surface area contributed by atoms with E-state index < -0.39 is 0 Å². The minimum absolute atomic E-state index is 0.0231. The summed E-state index contributed by atoms with van der Waals surface area (Å²) < 4.78 is 11.1. The number of aromatic hydroxyl groups is 1. The lowest BCUT2D eigenvalue weighted by Crippen LogP contribution is -2.26. The number of fused-ring (bicyclic) bond motifs is 3. The molecular formula is C18H20ClNO4.